The molecule has 0 fully saturated rings. The van der Waals surface area contributed by atoms with E-state index in [0.29, 0.717) is 5.69 Å². The molecule has 60 valence electrons. The summed E-state index contributed by atoms with van der Waals surface area (Å²) in [6, 6.07) is 0. The standard InChI is InChI=1S/C8H11NO2/c1-3-4-7-5-11-9-8(7)6(2)10/h5H,3-4H2,1-2H3. The predicted octanol–water partition coefficient (Wildman–Crippen LogP) is 1.83. The van der Waals surface area contributed by atoms with Crippen LogP contribution in [0.2, 0.25) is 0 Å². The Morgan fingerprint density at radius 3 is 3.00 bits per heavy atom. The number of rotatable bonds is 3. The minimum absolute atomic E-state index is 0.0257. The molecule has 0 aliphatic rings. The monoisotopic (exact) mass is 153 g/mol. The Morgan fingerprint density at radius 1 is 1.73 bits per heavy atom. The van der Waals surface area contributed by atoms with Crippen LogP contribution in [0.3, 0.4) is 0 Å². The normalized spacial score (nSPS) is 10.0. The molecule has 0 saturated heterocycles. The van der Waals surface area contributed by atoms with Crippen LogP contribution in [-0.2, 0) is 6.42 Å². The van der Waals surface area contributed by atoms with Gasteiger partial charge in [0.05, 0.1) is 0 Å². The number of hydrogen-bond donors (Lipinski definition) is 0. The molecule has 0 aliphatic heterocycles. The van der Waals surface area contributed by atoms with E-state index in [-0.39, 0.29) is 5.78 Å². The Kier molecular flexibility index (Phi) is 2.41. The van der Waals surface area contributed by atoms with Crippen molar-refractivity contribution in [1.82, 2.24) is 5.16 Å². The van der Waals surface area contributed by atoms with Gasteiger partial charge in [0.1, 0.15) is 6.26 Å². The van der Waals surface area contributed by atoms with Gasteiger partial charge in [-0.2, -0.15) is 0 Å². The van der Waals surface area contributed by atoms with Crippen LogP contribution in [0.15, 0.2) is 10.8 Å². The SMILES string of the molecule is CCCc1conc1C(C)=O. The van der Waals surface area contributed by atoms with Gasteiger partial charge in [-0.3, -0.25) is 4.79 Å². The second-order valence-corrected chi connectivity index (χ2v) is 2.49. The molecular formula is C8H11NO2. The summed E-state index contributed by atoms with van der Waals surface area (Å²) in [4.78, 5) is 10.9. The molecule has 1 aromatic heterocycles. The highest BCUT2D eigenvalue weighted by Gasteiger charge is 2.10. The molecule has 0 N–H and O–H groups in total. The number of Topliss-reactive ketones (excluding diaryl/α,β-unsaturated/α-hetero) is 1. The van der Waals surface area contributed by atoms with E-state index >= 15 is 0 Å². The van der Waals surface area contributed by atoms with Gasteiger partial charge in [-0.05, 0) is 6.42 Å². The molecule has 0 bridgehead atoms. The lowest BCUT2D eigenvalue weighted by Gasteiger charge is -1.91. The van der Waals surface area contributed by atoms with Crippen molar-refractivity contribution >= 4 is 5.78 Å². The Labute approximate surface area is 65.4 Å². The van der Waals surface area contributed by atoms with Gasteiger partial charge in [0.25, 0.3) is 0 Å². The van der Waals surface area contributed by atoms with Crippen molar-refractivity contribution in [1.29, 1.82) is 0 Å². The molecule has 0 amide bonds. The van der Waals surface area contributed by atoms with Crippen molar-refractivity contribution in [2.75, 3.05) is 0 Å². The van der Waals surface area contributed by atoms with Gasteiger partial charge >= 0.3 is 0 Å². The molecule has 0 atom stereocenters. The molecular weight excluding hydrogens is 142 g/mol. The highest BCUT2D eigenvalue weighted by atomic mass is 16.5. The topological polar surface area (TPSA) is 43.1 Å². The molecule has 1 aromatic rings. The van der Waals surface area contributed by atoms with Crippen molar-refractivity contribution in [2.45, 2.75) is 26.7 Å². The second kappa shape index (κ2) is 3.32. The Balaban J connectivity index is 2.87. The van der Waals surface area contributed by atoms with Crippen molar-refractivity contribution in [3.05, 3.63) is 17.5 Å². The molecule has 1 rings (SSSR count). The van der Waals surface area contributed by atoms with Gasteiger partial charge < -0.3 is 4.52 Å². The fourth-order valence-corrected chi connectivity index (χ4v) is 0.994. The summed E-state index contributed by atoms with van der Waals surface area (Å²) in [6.07, 6.45) is 3.40. The number of aryl methyl sites for hydroxylation is 1. The first-order chi connectivity index (χ1) is 5.25. The van der Waals surface area contributed by atoms with Crippen LogP contribution in [0.4, 0.5) is 0 Å². The smallest absolute Gasteiger partial charge is 0.181 e. The summed E-state index contributed by atoms with van der Waals surface area (Å²) in [5.74, 6) is -0.0257. The number of aromatic nitrogens is 1. The number of carbonyl (C=O) groups is 1. The highest BCUT2D eigenvalue weighted by Crippen LogP contribution is 2.09. The van der Waals surface area contributed by atoms with Gasteiger partial charge in [-0.25, -0.2) is 0 Å². The fourth-order valence-electron chi connectivity index (χ4n) is 0.994. The van der Waals surface area contributed by atoms with Crippen molar-refractivity contribution in [3.63, 3.8) is 0 Å². The molecule has 1 heterocycles. The van der Waals surface area contributed by atoms with E-state index in [1.165, 1.54) is 6.92 Å². The third-order valence-corrected chi connectivity index (χ3v) is 1.50. The molecule has 0 saturated carbocycles. The summed E-state index contributed by atoms with van der Waals surface area (Å²) < 4.78 is 4.69. The van der Waals surface area contributed by atoms with Crippen LogP contribution in [0.25, 0.3) is 0 Å². The molecule has 0 spiro atoms. The van der Waals surface area contributed by atoms with E-state index in [0.717, 1.165) is 18.4 Å². The number of ketones is 1. The summed E-state index contributed by atoms with van der Waals surface area (Å²) in [6.45, 7) is 3.55. The van der Waals surface area contributed by atoms with Crippen molar-refractivity contribution in [2.24, 2.45) is 0 Å². The van der Waals surface area contributed by atoms with Gasteiger partial charge in [-0.15, -0.1) is 0 Å². The molecule has 0 unspecified atom stereocenters. The first-order valence-electron chi connectivity index (χ1n) is 3.70. The Bertz CT molecular complexity index is 252. The van der Waals surface area contributed by atoms with Crippen molar-refractivity contribution in [3.8, 4) is 0 Å². The van der Waals surface area contributed by atoms with Crippen LogP contribution in [0.1, 0.15) is 36.3 Å². The zero-order chi connectivity index (χ0) is 8.27. The summed E-state index contributed by atoms with van der Waals surface area (Å²) >= 11 is 0. The molecule has 0 aliphatic carbocycles. The van der Waals surface area contributed by atoms with E-state index in [4.69, 9.17) is 0 Å². The van der Waals surface area contributed by atoms with E-state index in [1.807, 2.05) is 0 Å². The van der Waals surface area contributed by atoms with Gasteiger partial charge in [-0.1, -0.05) is 18.5 Å². The summed E-state index contributed by atoms with van der Waals surface area (Å²) in [5, 5.41) is 3.61. The second-order valence-electron chi connectivity index (χ2n) is 2.49. The van der Waals surface area contributed by atoms with Crippen LogP contribution < -0.4 is 0 Å². The maximum atomic E-state index is 10.9. The largest absolute Gasteiger partial charge is 0.364 e. The van der Waals surface area contributed by atoms with Crippen LogP contribution in [0.5, 0.6) is 0 Å². The molecule has 0 radical (unpaired) electrons. The molecule has 0 aromatic carbocycles. The van der Waals surface area contributed by atoms with Crippen LogP contribution in [0, 0.1) is 0 Å². The minimum atomic E-state index is -0.0257. The fraction of sp³-hybridized carbons (Fsp3) is 0.500. The molecule has 3 heteroatoms. The highest BCUT2D eigenvalue weighted by molar-refractivity contribution is 5.93. The maximum Gasteiger partial charge on any atom is 0.181 e. The minimum Gasteiger partial charge on any atom is -0.364 e. The van der Waals surface area contributed by atoms with E-state index in [9.17, 15) is 4.79 Å². The Morgan fingerprint density at radius 2 is 2.45 bits per heavy atom. The number of nitrogens with zero attached hydrogens (tertiary/aromatic N) is 1. The van der Waals surface area contributed by atoms with E-state index in [2.05, 4.69) is 16.6 Å². The lowest BCUT2D eigenvalue weighted by molar-refractivity contribution is 0.100. The molecule has 3 nitrogen and oxygen atoms in total. The zero-order valence-electron chi connectivity index (χ0n) is 6.76. The van der Waals surface area contributed by atoms with Crippen LogP contribution in [-0.4, -0.2) is 10.9 Å². The molecule has 11 heavy (non-hydrogen) atoms. The van der Waals surface area contributed by atoms with E-state index < -0.39 is 0 Å². The Hall–Kier alpha value is -1.12. The predicted molar refractivity (Wildman–Crippen MR) is 40.5 cm³/mol. The van der Waals surface area contributed by atoms with Gasteiger partial charge in [0, 0.05) is 12.5 Å². The van der Waals surface area contributed by atoms with Gasteiger partial charge in [0.2, 0.25) is 0 Å². The summed E-state index contributed by atoms with van der Waals surface area (Å²) in [5.41, 5.74) is 1.40. The number of hydrogen-bond acceptors (Lipinski definition) is 3. The lowest BCUT2D eigenvalue weighted by atomic mass is 10.1. The quantitative estimate of drug-likeness (QED) is 0.622. The third-order valence-electron chi connectivity index (χ3n) is 1.50. The maximum absolute atomic E-state index is 10.9. The summed E-state index contributed by atoms with van der Waals surface area (Å²) in [7, 11) is 0. The first kappa shape index (κ1) is 7.98. The third kappa shape index (κ3) is 1.67. The lowest BCUT2D eigenvalue weighted by Crippen LogP contribution is -1.97. The zero-order valence-corrected chi connectivity index (χ0v) is 6.76. The average molecular weight is 153 g/mol. The number of carbonyl (C=O) groups excluding carboxylic acids is 1. The van der Waals surface area contributed by atoms with Crippen LogP contribution >= 0.6 is 0 Å². The average Bonchev–Trinajstić information content (AvgIpc) is 2.36. The van der Waals surface area contributed by atoms with E-state index in [1.54, 1.807) is 6.26 Å². The van der Waals surface area contributed by atoms with Crippen molar-refractivity contribution < 1.29 is 9.32 Å². The van der Waals surface area contributed by atoms with Gasteiger partial charge in [0.15, 0.2) is 11.5 Å². The first-order valence-corrected chi connectivity index (χ1v) is 3.70.